The molecule has 1 aromatic rings. The summed E-state index contributed by atoms with van der Waals surface area (Å²) in [6.45, 7) is 2.26. The van der Waals surface area contributed by atoms with E-state index in [1.165, 1.54) is 0 Å². The average Bonchev–Trinajstić information content (AvgIpc) is 2.69. The first-order valence-electron chi connectivity index (χ1n) is 4.64. The van der Waals surface area contributed by atoms with Crippen molar-refractivity contribution in [3.63, 3.8) is 0 Å². The summed E-state index contributed by atoms with van der Waals surface area (Å²) in [7, 11) is 2.01. The van der Waals surface area contributed by atoms with E-state index in [4.69, 9.17) is 4.74 Å². The van der Waals surface area contributed by atoms with Crippen LogP contribution in [0, 0.1) is 0 Å². The van der Waals surface area contributed by atoms with Crippen molar-refractivity contribution in [1.82, 2.24) is 4.90 Å². The van der Waals surface area contributed by atoms with Gasteiger partial charge in [0, 0.05) is 24.0 Å². The lowest BCUT2D eigenvalue weighted by Gasteiger charge is -2.28. The SMILES string of the molecule is CN1CCOC(C(=O)c2ccsc2)C1. The maximum Gasteiger partial charge on any atom is 0.193 e. The van der Waals surface area contributed by atoms with E-state index < -0.39 is 0 Å². The molecule has 0 spiro atoms. The second-order valence-electron chi connectivity index (χ2n) is 3.50. The van der Waals surface area contributed by atoms with Gasteiger partial charge in [-0.25, -0.2) is 0 Å². The molecule has 1 aliphatic heterocycles. The van der Waals surface area contributed by atoms with Gasteiger partial charge >= 0.3 is 0 Å². The lowest BCUT2D eigenvalue weighted by atomic mass is 10.1. The normalized spacial score (nSPS) is 23.6. The number of nitrogens with zero attached hydrogens (tertiary/aromatic N) is 1. The number of rotatable bonds is 2. The lowest BCUT2D eigenvalue weighted by molar-refractivity contribution is -0.00859. The molecule has 1 aliphatic rings. The molecule has 4 heteroatoms. The van der Waals surface area contributed by atoms with E-state index in [0.717, 1.165) is 12.1 Å². The highest BCUT2D eigenvalue weighted by atomic mass is 32.1. The first-order valence-corrected chi connectivity index (χ1v) is 5.58. The summed E-state index contributed by atoms with van der Waals surface area (Å²) >= 11 is 1.54. The number of carbonyl (C=O) groups is 1. The highest BCUT2D eigenvalue weighted by Crippen LogP contribution is 2.13. The predicted molar refractivity (Wildman–Crippen MR) is 55.9 cm³/mol. The van der Waals surface area contributed by atoms with Crippen LogP contribution in [0.25, 0.3) is 0 Å². The van der Waals surface area contributed by atoms with Crippen LogP contribution < -0.4 is 0 Å². The van der Waals surface area contributed by atoms with Gasteiger partial charge in [-0.2, -0.15) is 11.3 Å². The molecule has 0 amide bonds. The smallest absolute Gasteiger partial charge is 0.193 e. The first-order chi connectivity index (χ1) is 6.77. The van der Waals surface area contributed by atoms with Crippen molar-refractivity contribution in [2.75, 3.05) is 26.7 Å². The number of morpholine rings is 1. The van der Waals surface area contributed by atoms with Crippen molar-refractivity contribution in [2.24, 2.45) is 0 Å². The largest absolute Gasteiger partial charge is 0.367 e. The van der Waals surface area contributed by atoms with Crippen molar-refractivity contribution < 1.29 is 9.53 Å². The molecule has 1 fully saturated rings. The van der Waals surface area contributed by atoms with Crippen LogP contribution in [0.1, 0.15) is 10.4 Å². The van der Waals surface area contributed by atoms with Gasteiger partial charge in [0.2, 0.25) is 0 Å². The van der Waals surface area contributed by atoms with Crippen molar-refractivity contribution in [2.45, 2.75) is 6.10 Å². The fraction of sp³-hybridized carbons (Fsp3) is 0.500. The minimum absolute atomic E-state index is 0.109. The zero-order valence-corrected chi connectivity index (χ0v) is 8.92. The van der Waals surface area contributed by atoms with Gasteiger partial charge in [0.15, 0.2) is 5.78 Å². The number of ketones is 1. The third-order valence-electron chi connectivity index (χ3n) is 2.37. The third-order valence-corrected chi connectivity index (χ3v) is 3.05. The van der Waals surface area contributed by atoms with Crippen LogP contribution in [0.2, 0.25) is 0 Å². The maximum absolute atomic E-state index is 11.9. The van der Waals surface area contributed by atoms with E-state index in [1.807, 2.05) is 23.9 Å². The van der Waals surface area contributed by atoms with Crippen LogP contribution in [0.5, 0.6) is 0 Å². The van der Waals surface area contributed by atoms with Crippen LogP contribution in [0.4, 0.5) is 0 Å². The number of ether oxygens (including phenoxy) is 1. The Morgan fingerprint density at radius 1 is 1.71 bits per heavy atom. The summed E-state index contributed by atoms with van der Waals surface area (Å²) in [5, 5.41) is 3.79. The van der Waals surface area contributed by atoms with E-state index >= 15 is 0 Å². The van der Waals surface area contributed by atoms with Gasteiger partial charge in [-0.05, 0) is 18.5 Å². The van der Waals surface area contributed by atoms with Gasteiger partial charge in [0.25, 0.3) is 0 Å². The Hall–Kier alpha value is -0.710. The molecule has 0 aliphatic carbocycles. The summed E-state index contributed by atoms with van der Waals surface area (Å²) in [6, 6.07) is 1.85. The molecular formula is C10H13NO2S. The Morgan fingerprint density at radius 2 is 2.57 bits per heavy atom. The quantitative estimate of drug-likeness (QED) is 0.690. The van der Waals surface area contributed by atoms with Crippen LogP contribution >= 0.6 is 11.3 Å². The molecule has 2 rings (SSSR count). The van der Waals surface area contributed by atoms with E-state index in [2.05, 4.69) is 4.90 Å². The Labute approximate surface area is 87.3 Å². The molecule has 0 bridgehead atoms. The molecule has 3 nitrogen and oxygen atoms in total. The highest BCUT2D eigenvalue weighted by Gasteiger charge is 2.25. The van der Waals surface area contributed by atoms with Gasteiger partial charge in [-0.3, -0.25) is 4.79 Å². The van der Waals surface area contributed by atoms with Crippen LogP contribution in [-0.2, 0) is 4.74 Å². The molecule has 0 aromatic carbocycles. The molecule has 1 unspecified atom stereocenters. The van der Waals surface area contributed by atoms with Gasteiger partial charge in [-0.1, -0.05) is 0 Å². The van der Waals surface area contributed by atoms with Gasteiger partial charge in [0.1, 0.15) is 6.10 Å². The van der Waals surface area contributed by atoms with E-state index in [0.29, 0.717) is 13.2 Å². The Morgan fingerprint density at radius 3 is 3.21 bits per heavy atom. The molecule has 1 saturated heterocycles. The molecular weight excluding hydrogens is 198 g/mol. The summed E-state index contributed by atoms with van der Waals surface area (Å²) in [4.78, 5) is 14.0. The number of hydrogen-bond donors (Lipinski definition) is 0. The second-order valence-corrected chi connectivity index (χ2v) is 4.28. The molecule has 0 N–H and O–H groups in total. The third kappa shape index (κ3) is 2.03. The van der Waals surface area contributed by atoms with Crippen molar-refractivity contribution in [3.8, 4) is 0 Å². The summed E-state index contributed by atoms with van der Waals surface area (Å²) in [5.41, 5.74) is 0.773. The van der Waals surface area contributed by atoms with E-state index in [9.17, 15) is 4.79 Å². The summed E-state index contributed by atoms with van der Waals surface area (Å²) in [5.74, 6) is 0.109. The Balaban J connectivity index is 2.04. The summed E-state index contributed by atoms with van der Waals surface area (Å²) < 4.78 is 5.45. The Bertz CT molecular complexity index is 310. The second kappa shape index (κ2) is 4.21. The van der Waals surface area contributed by atoms with E-state index in [-0.39, 0.29) is 11.9 Å². The number of carbonyl (C=O) groups excluding carboxylic acids is 1. The molecule has 0 saturated carbocycles. The molecule has 1 atom stereocenters. The van der Waals surface area contributed by atoms with Crippen LogP contribution in [0.15, 0.2) is 16.8 Å². The number of hydrogen-bond acceptors (Lipinski definition) is 4. The molecule has 14 heavy (non-hydrogen) atoms. The molecule has 1 aromatic heterocycles. The standard InChI is InChI=1S/C10H13NO2S/c1-11-3-4-13-9(6-11)10(12)8-2-5-14-7-8/h2,5,7,9H,3-4,6H2,1H3. The fourth-order valence-electron chi connectivity index (χ4n) is 1.53. The van der Waals surface area contributed by atoms with Crippen LogP contribution in [0.3, 0.4) is 0 Å². The average molecular weight is 211 g/mol. The maximum atomic E-state index is 11.9. The zero-order chi connectivity index (χ0) is 9.97. The highest BCUT2D eigenvalue weighted by molar-refractivity contribution is 7.08. The predicted octanol–water partition coefficient (Wildman–Crippen LogP) is 1.26. The molecule has 2 heterocycles. The van der Waals surface area contributed by atoms with Gasteiger partial charge in [-0.15, -0.1) is 0 Å². The van der Waals surface area contributed by atoms with E-state index in [1.54, 1.807) is 11.3 Å². The van der Waals surface area contributed by atoms with Crippen molar-refractivity contribution >= 4 is 17.1 Å². The molecule has 0 radical (unpaired) electrons. The van der Waals surface area contributed by atoms with Crippen molar-refractivity contribution in [1.29, 1.82) is 0 Å². The number of likely N-dealkylation sites (N-methyl/N-ethyl adjacent to an activating group) is 1. The summed E-state index contributed by atoms with van der Waals surface area (Å²) in [6.07, 6.45) is -0.275. The monoisotopic (exact) mass is 211 g/mol. The number of thiophene rings is 1. The minimum atomic E-state index is -0.275. The zero-order valence-electron chi connectivity index (χ0n) is 8.10. The fourth-order valence-corrected chi connectivity index (χ4v) is 2.17. The Kier molecular flexibility index (Phi) is 2.96. The van der Waals surface area contributed by atoms with Crippen molar-refractivity contribution in [3.05, 3.63) is 22.4 Å². The topological polar surface area (TPSA) is 29.5 Å². The first kappa shape index (κ1) is 9.83. The minimum Gasteiger partial charge on any atom is -0.367 e. The lowest BCUT2D eigenvalue weighted by Crippen LogP contribution is -2.44. The molecule has 76 valence electrons. The van der Waals surface area contributed by atoms with Crippen LogP contribution in [-0.4, -0.2) is 43.5 Å². The van der Waals surface area contributed by atoms with Gasteiger partial charge in [0.05, 0.1) is 6.61 Å². The van der Waals surface area contributed by atoms with Gasteiger partial charge < -0.3 is 9.64 Å². The number of Topliss-reactive ketones (excluding diaryl/α,β-unsaturated/α-hetero) is 1.